The Bertz CT molecular complexity index is 579. The molecule has 3 rings (SSSR count). The van der Waals surface area contributed by atoms with Crippen LogP contribution in [0, 0.1) is 0 Å². The molecular weight excluding hydrogens is 272 g/mol. The van der Waals surface area contributed by atoms with Crippen molar-refractivity contribution in [3.8, 4) is 0 Å². The number of ether oxygens (including phenoxy) is 1. The Morgan fingerprint density at radius 1 is 1.55 bits per heavy atom. The molecule has 20 heavy (non-hydrogen) atoms. The first-order valence-corrected chi connectivity index (χ1v) is 8.15. The van der Waals surface area contributed by atoms with E-state index in [1.54, 1.807) is 11.3 Å². The zero-order valence-corrected chi connectivity index (χ0v) is 12.9. The van der Waals surface area contributed by atoms with Gasteiger partial charge in [-0.05, 0) is 19.9 Å². The number of morpholine rings is 1. The molecular formula is C14H22N4OS. The Labute approximate surface area is 123 Å². The second kappa shape index (κ2) is 5.71. The largest absolute Gasteiger partial charge is 0.375 e. The van der Waals surface area contributed by atoms with Crippen LogP contribution in [0.15, 0.2) is 11.6 Å². The quantitative estimate of drug-likeness (QED) is 0.936. The summed E-state index contributed by atoms with van der Waals surface area (Å²) in [4.78, 5) is 8.31. The molecule has 2 unspecified atom stereocenters. The highest BCUT2D eigenvalue weighted by atomic mass is 32.1. The van der Waals surface area contributed by atoms with E-state index in [1.165, 1.54) is 5.69 Å². The lowest BCUT2D eigenvalue weighted by Gasteiger charge is -2.39. The van der Waals surface area contributed by atoms with Crippen LogP contribution in [0.4, 0.5) is 5.82 Å². The highest BCUT2D eigenvalue weighted by molar-refractivity contribution is 7.15. The molecule has 6 heteroatoms. The van der Waals surface area contributed by atoms with Crippen LogP contribution in [-0.4, -0.2) is 41.2 Å². The molecule has 2 aromatic heterocycles. The third-order valence-corrected chi connectivity index (χ3v) is 4.69. The first kappa shape index (κ1) is 13.9. The van der Waals surface area contributed by atoms with Crippen molar-refractivity contribution >= 4 is 22.1 Å². The topological polar surface area (TPSA) is 55.8 Å². The van der Waals surface area contributed by atoms with Crippen molar-refractivity contribution in [2.45, 2.75) is 38.8 Å². The predicted octanol–water partition coefficient (Wildman–Crippen LogP) is 1.90. The Hall–Kier alpha value is -1.11. The van der Waals surface area contributed by atoms with E-state index >= 15 is 0 Å². The van der Waals surface area contributed by atoms with Crippen LogP contribution in [-0.2, 0) is 11.2 Å². The van der Waals surface area contributed by atoms with Gasteiger partial charge in [0.1, 0.15) is 0 Å². The van der Waals surface area contributed by atoms with E-state index in [2.05, 4.69) is 34.7 Å². The molecule has 0 amide bonds. The number of aromatic nitrogens is 2. The van der Waals surface area contributed by atoms with Crippen molar-refractivity contribution in [3.05, 3.63) is 17.3 Å². The van der Waals surface area contributed by atoms with E-state index in [4.69, 9.17) is 15.5 Å². The van der Waals surface area contributed by atoms with Crippen LogP contribution < -0.4 is 10.6 Å². The molecule has 1 aliphatic heterocycles. The van der Waals surface area contributed by atoms with E-state index in [0.717, 1.165) is 36.8 Å². The van der Waals surface area contributed by atoms with E-state index in [9.17, 15) is 0 Å². The van der Waals surface area contributed by atoms with Crippen LogP contribution in [0.3, 0.4) is 0 Å². The standard InChI is InChI=1S/C14H22N4OS/c1-3-11-9-19-10(2)8-18(11)13-12(4-5-15)17-6-7-20-14(17)16-13/h6-7,10-11H,3-5,8-9,15H2,1-2H3. The van der Waals surface area contributed by atoms with Gasteiger partial charge < -0.3 is 15.4 Å². The Balaban J connectivity index is 2.02. The van der Waals surface area contributed by atoms with Crippen molar-refractivity contribution < 1.29 is 4.74 Å². The van der Waals surface area contributed by atoms with Gasteiger partial charge in [0.2, 0.25) is 0 Å². The maximum Gasteiger partial charge on any atom is 0.195 e. The lowest BCUT2D eigenvalue weighted by Crippen LogP contribution is -2.49. The monoisotopic (exact) mass is 294 g/mol. The average Bonchev–Trinajstić information content (AvgIpc) is 3.01. The van der Waals surface area contributed by atoms with Gasteiger partial charge in [-0.3, -0.25) is 4.40 Å². The normalized spacial score (nSPS) is 23.6. The molecule has 0 radical (unpaired) electrons. The molecule has 2 N–H and O–H groups in total. The number of thiazole rings is 1. The highest BCUT2D eigenvalue weighted by Gasteiger charge is 2.29. The molecule has 0 saturated carbocycles. The van der Waals surface area contributed by atoms with Crippen LogP contribution in [0.5, 0.6) is 0 Å². The van der Waals surface area contributed by atoms with Crippen LogP contribution >= 0.6 is 11.3 Å². The van der Waals surface area contributed by atoms with Gasteiger partial charge in [-0.1, -0.05) is 6.92 Å². The molecule has 0 aromatic carbocycles. The van der Waals surface area contributed by atoms with Gasteiger partial charge in [0, 0.05) is 24.5 Å². The number of hydrogen-bond donors (Lipinski definition) is 1. The Morgan fingerprint density at radius 3 is 3.15 bits per heavy atom. The maximum atomic E-state index is 5.79. The van der Waals surface area contributed by atoms with Gasteiger partial charge in [0.15, 0.2) is 10.8 Å². The maximum absolute atomic E-state index is 5.79. The SMILES string of the molecule is CCC1COC(C)CN1c1nc2sccn2c1CCN. The minimum atomic E-state index is 0.253. The average molecular weight is 294 g/mol. The fraction of sp³-hybridized carbons (Fsp3) is 0.643. The summed E-state index contributed by atoms with van der Waals surface area (Å²) in [5.41, 5.74) is 7.02. The molecule has 3 heterocycles. The number of nitrogens with two attached hydrogens (primary N) is 1. The van der Waals surface area contributed by atoms with Gasteiger partial charge in [-0.25, -0.2) is 4.98 Å². The van der Waals surface area contributed by atoms with Gasteiger partial charge in [-0.2, -0.15) is 0 Å². The molecule has 0 bridgehead atoms. The predicted molar refractivity (Wildman–Crippen MR) is 82.7 cm³/mol. The van der Waals surface area contributed by atoms with E-state index in [0.29, 0.717) is 12.6 Å². The molecule has 1 aliphatic rings. The lowest BCUT2D eigenvalue weighted by molar-refractivity contribution is 0.0296. The number of rotatable bonds is 4. The highest BCUT2D eigenvalue weighted by Crippen LogP contribution is 2.29. The lowest BCUT2D eigenvalue weighted by atomic mass is 10.1. The van der Waals surface area contributed by atoms with Gasteiger partial charge in [0.25, 0.3) is 0 Å². The van der Waals surface area contributed by atoms with E-state index < -0.39 is 0 Å². The van der Waals surface area contributed by atoms with Crippen molar-refractivity contribution in [2.75, 3.05) is 24.6 Å². The van der Waals surface area contributed by atoms with Crippen LogP contribution in [0.25, 0.3) is 4.96 Å². The summed E-state index contributed by atoms with van der Waals surface area (Å²) in [5.74, 6) is 1.10. The Morgan fingerprint density at radius 2 is 2.40 bits per heavy atom. The van der Waals surface area contributed by atoms with Gasteiger partial charge in [0.05, 0.1) is 24.4 Å². The Kier molecular flexibility index (Phi) is 3.96. The molecule has 0 spiro atoms. The number of hydrogen-bond acceptors (Lipinski definition) is 5. The zero-order valence-electron chi connectivity index (χ0n) is 12.1. The van der Waals surface area contributed by atoms with E-state index in [1.807, 2.05) is 0 Å². The molecule has 5 nitrogen and oxygen atoms in total. The number of imidazole rings is 1. The number of nitrogens with zero attached hydrogens (tertiary/aromatic N) is 3. The molecule has 2 atom stereocenters. The summed E-state index contributed by atoms with van der Waals surface area (Å²) in [6.45, 7) is 6.66. The minimum absolute atomic E-state index is 0.253. The van der Waals surface area contributed by atoms with Crippen molar-refractivity contribution in [1.82, 2.24) is 9.38 Å². The van der Waals surface area contributed by atoms with Gasteiger partial charge in [-0.15, -0.1) is 11.3 Å². The number of fused-ring (bicyclic) bond motifs is 1. The second-order valence-electron chi connectivity index (χ2n) is 5.33. The van der Waals surface area contributed by atoms with Crippen LogP contribution in [0.2, 0.25) is 0 Å². The molecule has 1 fully saturated rings. The summed E-state index contributed by atoms with van der Waals surface area (Å²) in [6, 6.07) is 0.410. The fourth-order valence-electron chi connectivity index (χ4n) is 2.86. The molecule has 110 valence electrons. The summed E-state index contributed by atoms with van der Waals surface area (Å²) in [6.07, 6.45) is 4.27. The van der Waals surface area contributed by atoms with Gasteiger partial charge >= 0.3 is 0 Å². The zero-order chi connectivity index (χ0) is 14.1. The smallest absolute Gasteiger partial charge is 0.195 e. The van der Waals surface area contributed by atoms with E-state index in [-0.39, 0.29) is 6.10 Å². The summed E-state index contributed by atoms with van der Waals surface area (Å²) in [7, 11) is 0. The molecule has 0 aliphatic carbocycles. The minimum Gasteiger partial charge on any atom is -0.375 e. The summed E-state index contributed by atoms with van der Waals surface area (Å²) >= 11 is 1.67. The second-order valence-corrected chi connectivity index (χ2v) is 6.21. The van der Waals surface area contributed by atoms with Crippen molar-refractivity contribution in [2.24, 2.45) is 5.73 Å². The fourth-order valence-corrected chi connectivity index (χ4v) is 3.59. The summed E-state index contributed by atoms with van der Waals surface area (Å²) < 4.78 is 7.97. The first-order valence-electron chi connectivity index (χ1n) is 7.27. The summed E-state index contributed by atoms with van der Waals surface area (Å²) in [5, 5.41) is 2.07. The van der Waals surface area contributed by atoms with Crippen molar-refractivity contribution in [3.63, 3.8) is 0 Å². The van der Waals surface area contributed by atoms with Crippen LogP contribution in [0.1, 0.15) is 26.0 Å². The third kappa shape index (κ3) is 2.32. The molecule has 2 aromatic rings. The van der Waals surface area contributed by atoms with Crippen molar-refractivity contribution in [1.29, 1.82) is 0 Å². The number of anilines is 1. The third-order valence-electron chi connectivity index (χ3n) is 3.93. The molecule has 1 saturated heterocycles. The first-order chi connectivity index (χ1) is 9.74.